The maximum absolute atomic E-state index is 13.9. The van der Waals surface area contributed by atoms with Gasteiger partial charge in [0.05, 0.1) is 6.04 Å². The van der Waals surface area contributed by atoms with Gasteiger partial charge in [-0.2, -0.15) is 0 Å². The molecule has 1 N–H and O–H groups in total. The van der Waals surface area contributed by atoms with Crippen LogP contribution >= 0.6 is 12.4 Å². The number of amides is 3. The second kappa shape index (κ2) is 11.3. The maximum Gasteiger partial charge on any atom is 0.327 e. The molecule has 1 spiro atoms. The first-order valence-corrected chi connectivity index (χ1v) is 14.3. The van der Waals surface area contributed by atoms with Crippen molar-refractivity contribution in [1.82, 2.24) is 20.0 Å². The van der Waals surface area contributed by atoms with Gasteiger partial charge < -0.3 is 10.2 Å². The highest BCUT2D eigenvalue weighted by molar-refractivity contribution is 6.07. The lowest BCUT2D eigenvalue weighted by atomic mass is 9.76. The van der Waals surface area contributed by atoms with Gasteiger partial charge in [-0.1, -0.05) is 51.1 Å². The molecule has 5 rings (SSSR count). The first kappa shape index (κ1) is 29.0. The summed E-state index contributed by atoms with van der Waals surface area (Å²) in [5.41, 5.74) is 0.447. The number of hydrogen-bond donors (Lipinski definition) is 1. The molecule has 1 aliphatic carbocycles. The van der Waals surface area contributed by atoms with Crippen LogP contribution in [-0.4, -0.2) is 83.3 Å². The molecule has 210 valence electrons. The standard InChI is InChI=1S/C30H44N4O3.ClH/c1-5-34-28(37)33(20-21-11-12-21)27(36)30(34)13-15-32(16-14-30)26(25(35)17-29(2,3)4)24-19-31-18-23(24)22-9-7-6-8-10-22;/h6-10,21,23-24,26,31H,5,11-20H2,1-4H3;1H/t23-,24-,26?;/m1./s1. The van der Waals surface area contributed by atoms with Crippen LogP contribution in [0.4, 0.5) is 4.79 Å². The van der Waals surface area contributed by atoms with E-state index in [1.54, 1.807) is 0 Å². The average molecular weight is 545 g/mol. The van der Waals surface area contributed by atoms with Crippen molar-refractivity contribution < 1.29 is 14.4 Å². The number of rotatable bonds is 8. The number of carbonyl (C=O) groups excluding carboxylic acids is 3. The van der Waals surface area contributed by atoms with E-state index < -0.39 is 5.54 Å². The SMILES string of the molecule is CCN1C(=O)N(CC2CC2)C(=O)C12CCN(C(C(=O)CC(C)(C)C)[C@@H]1CNC[C@@H]1c1ccccc1)CC2.Cl. The van der Waals surface area contributed by atoms with Crippen molar-refractivity contribution in [3.8, 4) is 0 Å². The number of urea groups is 1. The predicted molar refractivity (Wildman–Crippen MR) is 151 cm³/mol. The van der Waals surface area contributed by atoms with E-state index in [0.717, 1.165) is 25.9 Å². The monoisotopic (exact) mass is 544 g/mol. The largest absolute Gasteiger partial charge is 0.327 e. The van der Waals surface area contributed by atoms with Gasteiger partial charge in [-0.05, 0) is 49.5 Å². The topological polar surface area (TPSA) is 73.0 Å². The third-order valence-electron chi connectivity index (χ3n) is 9.02. The lowest BCUT2D eigenvalue weighted by Gasteiger charge is -2.46. The van der Waals surface area contributed by atoms with E-state index in [1.165, 1.54) is 10.5 Å². The summed E-state index contributed by atoms with van der Waals surface area (Å²) in [7, 11) is 0. The maximum atomic E-state index is 13.9. The highest BCUT2D eigenvalue weighted by Gasteiger charge is 2.58. The molecule has 4 aliphatic rings. The minimum atomic E-state index is -0.748. The van der Waals surface area contributed by atoms with E-state index in [9.17, 15) is 14.4 Å². The molecule has 3 saturated heterocycles. The fraction of sp³-hybridized carbons (Fsp3) is 0.700. The molecule has 0 radical (unpaired) electrons. The second-order valence-corrected chi connectivity index (χ2v) is 12.9. The molecule has 3 amide bonds. The Morgan fingerprint density at radius 2 is 1.74 bits per heavy atom. The van der Waals surface area contributed by atoms with E-state index in [0.29, 0.717) is 57.1 Å². The molecular formula is C30H45ClN4O3. The molecule has 38 heavy (non-hydrogen) atoms. The van der Waals surface area contributed by atoms with Crippen molar-refractivity contribution >= 4 is 30.1 Å². The summed E-state index contributed by atoms with van der Waals surface area (Å²) < 4.78 is 0. The van der Waals surface area contributed by atoms with Gasteiger partial charge in [0.2, 0.25) is 0 Å². The minimum Gasteiger partial charge on any atom is -0.316 e. The summed E-state index contributed by atoms with van der Waals surface area (Å²) in [6.45, 7) is 12.5. The zero-order valence-corrected chi connectivity index (χ0v) is 24.3. The first-order valence-electron chi connectivity index (χ1n) is 14.3. The molecule has 7 nitrogen and oxygen atoms in total. The number of likely N-dealkylation sites (N-methyl/N-ethyl adjacent to an activating group) is 1. The molecule has 1 aromatic rings. The van der Waals surface area contributed by atoms with Gasteiger partial charge in [-0.3, -0.25) is 19.4 Å². The smallest absolute Gasteiger partial charge is 0.316 e. The van der Waals surface area contributed by atoms with E-state index in [2.05, 4.69) is 55.3 Å². The molecule has 0 bridgehead atoms. The van der Waals surface area contributed by atoms with Crippen LogP contribution in [-0.2, 0) is 9.59 Å². The van der Waals surface area contributed by atoms with E-state index in [-0.39, 0.29) is 47.6 Å². The summed E-state index contributed by atoms with van der Waals surface area (Å²) in [5, 5.41) is 3.57. The first-order chi connectivity index (χ1) is 17.6. The second-order valence-electron chi connectivity index (χ2n) is 12.9. The molecule has 4 fully saturated rings. The lowest BCUT2D eigenvalue weighted by molar-refractivity contribution is -0.137. The van der Waals surface area contributed by atoms with Gasteiger partial charge in [0.1, 0.15) is 5.54 Å². The van der Waals surface area contributed by atoms with Crippen LogP contribution in [0.5, 0.6) is 0 Å². The van der Waals surface area contributed by atoms with E-state index in [1.807, 2.05) is 17.9 Å². The van der Waals surface area contributed by atoms with Gasteiger partial charge in [0.15, 0.2) is 5.78 Å². The summed E-state index contributed by atoms with van der Waals surface area (Å²) >= 11 is 0. The summed E-state index contributed by atoms with van der Waals surface area (Å²) in [4.78, 5) is 46.6. The van der Waals surface area contributed by atoms with Crippen LogP contribution in [0.15, 0.2) is 30.3 Å². The number of ketones is 1. The zero-order valence-electron chi connectivity index (χ0n) is 23.4. The third kappa shape index (κ3) is 5.52. The van der Waals surface area contributed by atoms with Crippen LogP contribution in [0.3, 0.4) is 0 Å². The van der Waals surface area contributed by atoms with Crippen LogP contribution in [0.25, 0.3) is 0 Å². The van der Waals surface area contributed by atoms with Crippen molar-refractivity contribution in [3.05, 3.63) is 35.9 Å². The van der Waals surface area contributed by atoms with Crippen LogP contribution in [0, 0.1) is 17.3 Å². The summed E-state index contributed by atoms with van der Waals surface area (Å²) in [6.07, 6.45) is 3.95. The Labute approximate surface area is 234 Å². The number of Topliss-reactive ketones (excluding diaryl/α,β-unsaturated/α-hetero) is 1. The molecule has 0 aromatic heterocycles. The van der Waals surface area contributed by atoms with Crippen molar-refractivity contribution in [2.45, 2.75) is 77.3 Å². The van der Waals surface area contributed by atoms with Crippen molar-refractivity contribution in [2.75, 3.05) is 39.3 Å². The Kier molecular flexibility index (Phi) is 8.61. The number of benzene rings is 1. The molecule has 3 atom stereocenters. The Bertz CT molecular complexity index is 1010. The Hall–Kier alpha value is -1.96. The zero-order chi connectivity index (χ0) is 26.4. The summed E-state index contributed by atoms with van der Waals surface area (Å²) in [6, 6.07) is 10.3. The van der Waals surface area contributed by atoms with Gasteiger partial charge >= 0.3 is 6.03 Å². The minimum absolute atomic E-state index is 0. The molecule has 1 aromatic carbocycles. The number of piperidine rings is 1. The Balaban J connectivity index is 0.00000336. The van der Waals surface area contributed by atoms with Gasteiger partial charge in [-0.25, -0.2) is 4.79 Å². The number of halogens is 1. The highest BCUT2D eigenvalue weighted by Crippen LogP contribution is 2.42. The molecule has 3 heterocycles. The normalized spacial score (nSPS) is 26.6. The average Bonchev–Trinajstić information content (AvgIpc) is 3.52. The summed E-state index contributed by atoms with van der Waals surface area (Å²) in [5.74, 6) is 1.23. The predicted octanol–water partition coefficient (Wildman–Crippen LogP) is 4.31. The Morgan fingerprint density at radius 3 is 2.32 bits per heavy atom. The molecule has 1 unspecified atom stereocenters. The third-order valence-corrected chi connectivity index (χ3v) is 9.02. The number of nitrogens with one attached hydrogen (secondary N) is 1. The molecular weight excluding hydrogens is 500 g/mol. The van der Waals surface area contributed by atoms with Crippen molar-refractivity contribution in [1.29, 1.82) is 0 Å². The fourth-order valence-electron chi connectivity index (χ4n) is 7.03. The number of imide groups is 1. The lowest BCUT2D eigenvalue weighted by Crippen LogP contribution is -2.60. The van der Waals surface area contributed by atoms with Gasteiger partial charge in [0.25, 0.3) is 5.91 Å². The number of hydrogen-bond acceptors (Lipinski definition) is 5. The van der Waals surface area contributed by atoms with Crippen LogP contribution in [0.1, 0.15) is 71.3 Å². The van der Waals surface area contributed by atoms with Crippen LogP contribution < -0.4 is 5.32 Å². The van der Waals surface area contributed by atoms with Crippen molar-refractivity contribution in [2.24, 2.45) is 17.3 Å². The molecule has 3 aliphatic heterocycles. The van der Waals surface area contributed by atoms with E-state index in [4.69, 9.17) is 0 Å². The van der Waals surface area contributed by atoms with Gasteiger partial charge in [-0.15, -0.1) is 12.4 Å². The molecule has 8 heteroatoms. The number of likely N-dealkylation sites (tertiary alicyclic amines) is 1. The number of nitrogens with zero attached hydrogens (tertiary/aromatic N) is 3. The molecule has 1 saturated carbocycles. The number of carbonyl (C=O) groups is 3. The van der Waals surface area contributed by atoms with E-state index >= 15 is 0 Å². The Morgan fingerprint density at radius 1 is 1.08 bits per heavy atom. The fourth-order valence-corrected chi connectivity index (χ4v) is 7.03. The quantitative estimate of drug-likeness (QED) is 0.494. The van der Waals surface area contributed by atoms with Gasteiger partial charge in [0, 0.05) is 57.5 Å². The highest BCUT2D eigenvalue weighted by atomic mass is 35.5. The van der Waals surface area contributed by atoms with Crippen LogP contribution in [0.2, 0.25) is 0 Å². The van der Waals surface area contributed by atoms with Crippen molar-refractivity contribution in [3.63, 3.8) is 0 Å².